The molecule has 56 heavy (non-hydrogen) atoms. The maximum absolute atomic E-state index is 13.8. The van der Waals surface area contributed by atoms with E-state index in [2.05, 4.69) is 98.1 Å². The number of nitrogen functional groups attached to an aromatic ring is 1. The molecule has 4 heterocycles. The van der Waals surface area contributed by atoms with Gasteiger partial charge in [0.15, 0.2) is 11.4 Å². The van der Waals surface area contributed by atoms with Gasteiger partial charge in [-0.25, -0.2) is 14.4 Å². The number of H-pyrrole nitrogens is 1. The van der Waals surface area contributed by atoms with Gasteiger partial charge in [-0.3, -0.25) is 4.79 Å². The van der Waals surface area contributed by atoms with Crippen LogP contribution >= 0.6 is 0 Å². The lowest BCUT2D eigenvalue weighted by atomic mass is 9.86. The molecular weight excluding hydrogens is 721 g/mol. The molecule has 1 fully saturated rings. The van der Waals surface area contributed by atoms with Crippen LogP contribution in [0, 0.1) is 0 Å². The van der Waals surface area contributed by atoms with E-state index in [9.17, 15) is 14.7 Å². The Bertz CT molecular complexity index is 2520. The number of anilines is 2. The highest BCUT2D eigenvalue weighted by atomic mass is 28.3. The maximum atomic E-state index is 13.8. The van der Waals surface area contributed by atoms with Gasteiger partial charge in [0.25, 0.3) is 5.91 Å². The summed E-state index contributed by atoms with van der Waals surface area (Å²) in [5, 5.41) is 16.1. The first kappa shape index (κ1) is 36.6. The number of hydrogen-bond donors (Lipinski definition) is 4. The summed E-state index contributed by atoms with van der Waals surface area (Å²) >= 11 is 0. The second-order valence-corrected chi connectivity index (χ2v) is 19.1. The normalized spacial score (nSPS) is 15.5. The number of nitrogens with one attached hydrogen (secondary N) is 2. The van der Waals surface area contributed by atoms with E-state index in [1.54, 1.807) is 18.2 Å². The van der Waals surface area contributed by atoms with Crippen LogP contribution < -0.4 is 25.9 Å². The van der Waals surface area contributed by atoms with Gasteiger partial charge in [-0.15, -0.1) is 0 Å². The van der Waals surface area contributed by atoms with Crippen LogP contribution in [-0.4, -0.2) is 81.5 Å². The average Bonchev–Trinajstić information content (AvgIpc) is 3.65. The zero-order valence-corrected chi connectivity index (χ0v) is 33.0. The number of imidazole rings is 1. The predicted octanol–water partition coefficient (Wildman–Crippen LogP) is 5.61. The molecule has 13 heteroatoms. The molecule has 5 aromatic rings. The van der Waals surface area contributed by atoms with E-state index in [1.807, 2.05) is 24.3 Å². The zero-order chi connectivity index (χ0) is 39.1. The highest BCUT2D eigenvalue weighted by molar-refractivity contribution is 6.98. The highest BCUT2D eigenvalue weighted by Crippen LogP contribution is 2.43. The third-order valence-electron chi connectivity index (χ3n) is 11.1. The zero-order valence-electron chi connectivity index (χ0n) is 32.0. The van der Waals surface area contributed by atoms with Crippen LogP contribution in [0.25, 0.3) is 16.7 Å². The predicted molar refractivity (Wildman–Crippen MR) is 221 cm³/mol. The SMILES string of the molecule is CCN(CC)c1ccc2c(c1)[Si](C)(C)C1=CC(=[N+]3CCC3)C=CC1=C2c1cc(C(=O)NCc2ccc(COc3nc(N)nc4nc[nH]c34)cc2)ccc1C(=O)O. The molecule has 284 valence electrons. The van der Waals surface area contributed by atoms with Gasteiger partial charge < -0.3 is 30.8 Å². The lowest BCUT2D eigenvalue weighted by Crippen LogP contribution is -2.50. The number of carbonyl (C=O) groups excluding carboxylic acids is 1. The van der Waals surface area contributed by atoms with Crippen molar-refractivity contribution in [1.29, 1.82) is 0 Å². The second kappa shape index (κ2) is 14.7. The van der Waals surface area contributed by atoms with Crippen molar-refractivity contribution in [1.82, 2.24) is 25.3 Å². The van der Waals surface area contributed by atoms with Crippen molar-refractivity contribution in [3.05, 3.63) is 129 Å². The summed E-state index contributed by atoms with van der Waals surface area (Å²) in [7, 11) is -2.27. The molecule has 0 atom stereocenters. The van der Waals surface area contributed by atoms with Gasteiger partial charge in [-0.05, 0) is 94.0 Å². The molecule has 2 aromatic heterocycles. The Morgan fingerprint density at radius 3 is 2.46 bits per heavy atom. The molecule has 0 bridgehead atoms. The van der Waals surface area contributed by atoms with Crippen LogP contribution in [0.5, 0.6) is 5.88 Å². The minimum absolute atomic E-state index is 0.0774. The van der Waals surface area contributed by atoms with E-state index in [-0.39, 0.29) is 30.6 Å². The van der Waals surface area contributed by atoms with Crippen molar-refractivity contribution in [3.8, 4) is 5.88 Å². The fraction of sp³-hybridized carbons (Fsp3) is 0.256. The number of benzene rings is 3. The van der Waals surface area contributed by atoms with Crippen LogP contribution in [0.2, 0.25) is 13.1 Å². The summed E-state index contributed by atoms with van der Waals surface area (Å²) in [6.45, 7) is 13.5. The molecule has 3 aliphatic rings. The number of hydrogen-bond acceptors (Lipinski definition) is 8. The molecule has 3 aromatic carbocycles. The van der Waals surface area contributed by atoms with Crippen LogP contribution in [0.15, 0.2) is 96.0 Å². The molecule has 5 N–H and O–H groups in total. The van der Waals surface area contributed by atoms with E-state index in [0.717, 1.165) is 59.7 Å². The Labute approximate surface area is 326 Å². The standard InChI is InChI=1S/C43H44N8O4Si/c1-5-50(6-2)29-13-16-32-35(21-29)56(3,4)36-22-30(51-18-7-19-51)14-17-33(36)37(32)34-20-28(12-15-31(34)42(53)54)40(52)45-23-26-8-10-27(11-9-26)24-55-41-38-39(47-25-46-38)48-43(44)49-41/h8-17,20-22,25H,5-7,18-19,23-24H2,1-4H3,(H4-,44,45,46,47,48,49,52,53,54)/p+1. The number of nitrogens with zero attached hydrogens (tertiary/aromatic N) is 5. The lowest BCUT2D eigenvalue weighted by molar-refractivity contribution is -0.582. The number of carboxylic acid groups (broad SMARTS) is 1. The molecule has 0 radical (unpaired) electrons. The Balaban J connectivity index is 1.09. The molecule has 0 saturated carbocycles. The molecule has 1 aliphatic carbocycles. The third-order valence-corrected chi connectivity index (χ3v) is 14.7. The number of amides is 1. The van der Waals surface area contributed by atoms with Gasteiger partial charge >= 0.3 is 5.97 Å². The van der Waals surface area contributed by atoms with Gasteiger partial charge in [0, 0.05) is 43.0 Å². The second-order valence-electron chi connectivity index (χ2n) is 14.8. The summed E-state index contributed by atoms with van der Waals surface area (Å²) in [4.78, 5) is 44.4. The van der Waals surface area contributed by atoms with E-state index in [4.69, 9.17) is 10.5 Å². The Morgan fingerprint density at radius 1 is 0.982 bits per heavy atom. The van der Waals surface area contributed by atoms with Gasteiger partial charge in [-0.1, -0.05) is 43.4 Å². The van der Waals surface area contributed by atoms with E-state index in [1.165, 1.54) is 28.8 Å². The van der Waals surface area contributed by atoms with Crippen LogP contribution in [0.3, 0.4) is 0 Å². The van der Waals surface area contributed by atoms with E-state index < -0.39 is 14.0 Å². The molecule has 1 amide bonds. The number of aromatic nitrogens is 4. The Hall–Kier alpha value is -6.34. The molecule has 12 nitrogen and oxygen atoms in total. The number of allylic oxidation sites excluding steroid dienone is 5. The monoisotopic (exact) mass is 765 g/mol. The highest BCUT2D eigenvalue weighted by Gasteiger charge is 2.41. The molecule has 0 spiro atoms. The number of carboxylic acids is 1. The number of aromatic amines is 1. The van der Waals surface area contributed by atoms with Crippen molar-refractivity contribution in [2.45, 2.75) is 46.5 Å². The van der Waals surface area contributed by atoms with Crippen molar-refractivity contribution in [2.75, 3.05) is 36.8 Å². The number of carbonyl (C=O) groups is 2. The lowest BCUT2D eigenvalue weighted by Gasteiger charge is -2.39. The number of ether oxygens (including phenoxy) is 1. The molecule has 8 rings (SSSR count). The minimum atomic E-state index is -2.27. The molecule has 2 aliphatic heterocycles. The third kappa shape index (κ3) is 6.68. The van der Waals surface area contributed by atoms with Gasteiger partial charge in [0.05, 0.1) is 18.3 Å². The molecule has 1 saturated heterocycles. The maximum Gasteiger partial charge on any atom is 0.336 e. The Kier molecular flexibility index (Phi) is 9.62. The van der Waals surface area contributed by atoms with Crippen LogP contribution in [-0.2, 0) is 13.2 Å². The fourth-order valence-electron chi connectivity index (χ4n) is 7.87. The van der Waals surface area contributed by atoms with Gasteiger partial charge in [-0.2, -0.15) is 9.97 Å². The first-order chi connectivity index (χ1) is 27.0. The summed E-state index contributed by atoms with van der Waals surface area (Å²) in [6, 6.07) is 19.2. The number of nitrogens with two attached hydrogens (primary N) is 1. The van der Waals surface area contributed by atoms with Gasteiger partial charge in [0.2, 0.25) is 11.8 Å². The summed E-state index contributed by atoms with van der Waals surface area (Å²) in [5.41, 5.74) is 15.0. The smallest absolute Gasteiger partial charge is 0.336 e. The van der Waals surface area contributed by atoms with Gasteiger partial charge in [0.1, 0.15) is 33.3 Å². The molecular formula is C43H45N8O4Si+. The minimum Gasteiger partial charge on any atom is -0.478 e. The molecule has 0 unspecified atom stereocenters. The number of aromatic carboxylic acids is 1. The first-order valence-corrected chi connectivity index (χ1v) is 22.1. The summed E-state index contributed by atoms with van der Waals surface area (Å²) in [5.74, 6) is -0.937. The number of rotatable bonds is 11. The largest absolute Gasteiger partial charge is 0.478 e. The van der Waals surface area contributed by atoms with Crippen LogP contribution in [0.4, 0.5) is 11.6 Å². The van der Waals surface area contributed by atoms with Crippen molar-refractivity contribution < 1.29 is 24.0 Å². The number of fused-ring (bicyclic) bond motifs is 3. The van der Waals surface area contributed by atoms with Crippen molar-refractivity contribution in [3.63, 3.8) is 0 Å². The first-order valence-electron chi connectivity index (χ1n) is 19.1. The quantitative estimate of drug-likeness (QED) is 0.0990. The summed E-state index contributed by atoms with van der Waals surface area (Å²) in [6.07, 6.45) is 9.36. The fourth-order valence-corrected chi connectivity index (χ4v) is 10.9. The van der Waals surface area contributed by atoms with Crippen molar-refractivity contribution in [2.24, 2.45) is 0 Å². The van der Waals surface area contributed by atoms with E-state index >= 15 is 0 Å². The Morgan fingerprint density at radius 2 is 1.75 bits per heavy atom. The average molecular weight is 766 g/mol. The van der Waals surface area contributed by atoms with Crippen molar-refractivity contribution >= 4 is 59.2 Å². The van der Waals surface area contributed by atoms with Crippen LogP contribution in [0.1, 0.15) is 63.2 Å². The topological polar surface area (TPSA) is 162 Å². The summed E-state index contributed by atoms with van der Waals surface area (Å²) < 4.78 is 8.31. The van der Waals surface area contributed by atoms with E-state index in [0.29, 0.717) is 28.2 Å².